The van der Waals surface area contributed by atoms with Crippen LogP contribution in [0, 0.1) is 5.92 Å². The minimum Gasteiger partial charge on any atom is -0.274 e. The van der Waals surface area contributed by atoms with Crippen molar-refractivity contribution in [3.8, 4) is 0 Å². The molecule has 3 rings (SSSR count). The summed E-state index contributed by atoms with van der Waals surface area (Å²) in [6, 6.07) is 9.69. The number of alkyl halides is 1. The SMILES string of the molecule is CC(C)C(Cl)c1nc2c(Cl)cnn2c(=O)n1Cc1ccccc1. The number of rotatable bonds is 4. The van der Waals surface area contributed by atoms with Gasteiger partial charge in [-0.2, -0.15) is 9.61 Å². The Labute approximate surface area is 143 Å². The van der Waals surface area contributed by atoms with Gasteiger partial charge >= 0.3 is 5.69 Å². The van der Waals surface area contributed by atoms with E-state index in [-0.39, 0.29) is 11.6 Å². The lowest BCUT2D eigenvalue weighted by Gasteiger charge is -2.18. The fourth-order valence-corrected chi connectivity index (χ4v) is 2.70. The maximum Gasteiger partial charge on any atom is 0.352 e. The van der Waals surface area contributed by atoms with E-state index < -0.39 is 5.38 Å². The second-order valence-corrected chi connectivity index (χ2v) is 6.58. The molecule has 120 valence electrons. The first-order valence-corrected chi connectivity index (χ1v) is 8.12. The van der Waals surface area contributed by atoms with E-state index in [0.717, 1.165) is 5.56 Å². The summed E-state index contributed by atoms with van der Waals surface area (Å²) < 4.78 is 2.77. The van der Waals surface area contributed by atoms with Gasteiger partial charge in [0.05, 0.1) is 18.1 Å². The zero-order valence-corrected chi connectivity index (χ0v) is 14.3. The molecule has 0 N–H and O–H groups in total. The molecule has 0 saturated heterocycles. The third kappa shape index (κ3) is 2.99. The molecule has 1 aromatic carbocycles. The van der Waals surface area contributed by atoms with Gasteiger partial charge < -0.3 is 0 Å². The highest BCUT2D eigenvalue weighted by Crippen LogP contribution is 2.27. The second-order valence-electron chi connectivity index (χ2n) is 5.70. The number of halogens is 2. The van der Waals surface area contributed by atoms with Gasteiger partial charge in [-0.15, -0.1) is 11.6 Å². The summed E-state index contributed by atoms with van der Waals surface area (Å²) in [5.74, 6) is 0.625. The van der Waals surface area contributed by atoms with Gasteiger partial charge in [0.25, 0.3) is 0 Å². The lowest BCUT2D eigenvalue weighted by Crippen LogP contribution is -2.33. The Balaban J connectivity index is 2.22. The molecular formula is C16H16Cl2N4O. The number of fused-ring (bicyclic) bond motifs is 1. The highest BCUT2D eigenvalue weighted by atomic mass is 35.5. The van der Waals surface area contributed by atoms with E-state index in [9.17, 15) is 4.79 Å². The van der Waals surface area contributed by atoms with Gasteiger partial charge in [0.1, 0.15) is 10.8 Å². The summed E-state index contributed by atoms with van der Waals surface area (Å²) in [6.45, 7) is 4.35. The van der Waals surface area contributed by atoms with Crippen molar-refractivity contribution in [2.75, 3.05) is 0 Å². The predicted molar refractivity (Wildman–Crippen MR) is 91.2 cm³/mol. The zero-order valence-electron chi connectivity index (χ0n) is 12.8. The number of hydrogen-bond acceptors (Lipinski definition) is 3. The summed E-state index contributed by atoms with van der Waals surface area (Å²) >= 11 is 12.6. The molecular weight excluding hydrogens is 335 g/mol. The number of hydrogen-bond donors (Lipinski definition) is 0. The van der Waals surface area contributed by atoms with Crippen molar-refractivity contribution >= 4 is 28.8 Å². The lowest BCUT2D eigenvalue weighted by atomic mass is 10.1. The summed E-state index contributed by atoms with van der Waals surface area (Å²) in [5, 5.41) is 3.95. The molecule has 0 amide bonds. The van der Waals surface area contributed by atoms with Crippen LogP contribution in [0.1, 0.15) is 30.6 Å². The van der Waals surface area contributed by atoms with E-state index in [1.807, 2.05) is 44.2 Å². The molecule has 0 aliphatic carbocycles. The Hall–Kier alpha value is -1.85. The Morgan fingerprint density at radius 3 is 2.57 bits per heavy atom. The van der Waals surface area contributed by atoms with Crippen LogP contribution in [0.15, 0.2) is 41.3 Å². The second kappa shape index (κ2) is 6.34. The van der Waals surface area contributed by atoms with Crippen LogP contribution < -0.4 is 5.69 Å². The first kappa shape index (κ1) is 16.0. The van der Waals surface area contributed by atoms with Crippen LogP contribution in [0.3, 0.4) is 0 Å². The molecule has 2 heterocycles. The molecule has 0 aliphatic heterocycles. The minimum absolute atomic E-state index is 0.120. The molecule has 0 saturated carbocycles. The van der Waals surface area contributed by atoms with E-state index >= 15 is 0 Å². The van der Waals surface area contributed by atoms with Crippen LogP contribution in [0.25, 0.3) is 5.65 Å². The fraction of sp³-hybridized carbons (Fsp3) is 0.312. The maximum absolute atomic E-state index is 12.8. The van der Waals surface area contributed by atoms with Gasteiger partial charge in [0.15, 0.2) is 5.65 Å². The van der Waals surface area contributed by atoms with Crippen LogP contribution in [-0.2, 0) is 6.54 Å². The summed E-state index contributed by atoms with van der Waals surface area (Å²) in [6.07, 6.45) is 1.42. The standard InChI is InChI=1S/C16H16Cl2N4O/c1-10(2)13(18)15-20-14-12(17)8-19-22(14)16(23)21(15)9-11-6-4-3-5-7-11/h3-8,10,13H,9H2,1-2H3. The van der Waals surface area contributed by atoms with Gasteiger partial charge in [-0.3, -0.25) is 4.57 Å². The molecule has 1 atom stereocenters. The van der Waals surface area contributed by atoms with Gasteiger partial charge in [0.2, 0.25) is 0 Å². The van der Waals surface area contributed by atoms with Gasteiger partial charge in [-0.1, -0.05) is 55.8 Å². The van der Waals surface area contributed by atoms with Crippen LogP contribution in [-0.4, -0.2) is 19.2 Å². The fourth-order valence-electron chi connectivity index (χ4n) is 2.37. The summed E-state index contributed by atoms with van der Waals surface area (Å²) in [5.41, 5.74) is 1.03. The van der Waals surface area contributed by atoms with E-state index in [1.54, 1.807) is 4.57 Å². The molecule has 0 spiro atoms. The maximum atomic E-state index is 12.8. The molecule has 0 fully saturated rings. The van der Waals surface area contributed by atoms with E-state index in [1.165, 1.54) is 10.7 Å². The Kier molecular flexibility index (Phi) is 4.41. The summed E-state index contributed by atoms with van der Waals surface area (Å²) in [7, 11) is 0. The first-order valence-electron chi connectivity index (χ1n) is 7.31. The topological polar surface area (TPSA) is 52.2 Å². The smallest absolute Gasteiger partial charge is 0.274 e. The highest BCUT2D eigenvalue weighted by molar-refractivity contribution is 6.33. The van der Waals surface area contributed by atoms with E-state index in [0.29, 0.717) is 23.0 Å². The van der Waals surface area contributed by atoms with Crippen molar-refractivity contribution < 1.29 is 0 Å². The van der Waals surface area contributed by atoms with Gasteiger partial charge in [-0.05, 0) is 11.5 Å². The van der Waals surface area contributed by atoms with Crippen molar-refractivity contribution in [1.29, 1.82) is 0 Å². The van der Waals surface area contributed by atoms with Crippen LogP contribution in [0.4, 0.5) is 0 Å². The largest absolute Gasteiger partial charge is 0.352 e. The van der Waals surface area contributed by atoms with Crippen molar-refractivity contribution in [3.05, 3.63) is 63.4 Å². The van der Waals surface area contributed by atoms with E-state index in [2.05, 4.69) is 10.1 Å². The molecule has 5 nitrogen and oxygen atoms in total. The first-order chi connectivity index (χ1) is 11.0. The minimum atomic E-state index is -0.401. The molecule has 0 bridgehead atoms. The third-order valence-corrected chi connectivity index (χ3v) is 4.59. The molecule has 3 aromatic rings. The zero-order chi connectivity index (χ0) is 16.6. The molecule has 0 radical (unpaired) electrons. The highest BCUT2D eigenvalue weighted by Gasteiger charge is 2.22. The van der Waals surface area contributed by atoms with Crippen molar-refractivity contribution in [2.24, 2.45) is 5.92 Å². The van der Waals surface area contributed by atoms with E-state index in [4.69, 9.17) is 23.2 Å². The quantitative estimate of drug-likeness (QED) is 0.676. The number of nitrogens with zero attached hydrogens (tertiary/aromatic N) is 4. The van der Waals surface area contributed by atoms with Crippen LogP contribution in [0.2, 0.25) is 5.02 Å². The average Bonchev–Trinajstić information content (AvgIpc) is 2.91. The van der Waals surface area contributed by atoms with Crippen molar-refractivity contribution in [2.45, 2.75) is 25.8 Å². The molecule has 2 aromatic heterocycles. The normalized spacial score (nSPS) is 12.9. The van der Waals surface area contributed by atoms with Crippen molar-refractivity contribution in [1.82, 2.24) is 19.2 Å². The van der Waals surface area contributed by atoms with Gasteiger partial charge in [0, 0.05) is 0 Å². The average molecular weight is 351 g/mol. The molecule has 23 heavy (non-hydrogen) atoms. The third-order valence-electron chi connectivity index (χ3n) is 3.63. The molecule has 7 heteroatoms. The monoisotopic (exact) mass is 350 g/mol. The Bertz CT molecular complexity index is 886. The van der Waals surface area contributed by atoms with Crippen molar-refractivity contribution in [3.63, 3.8) is 0 Å². The lowest BCUT2D eigenvalue weighted by molar-refractivity contribution is 0.535. The van der Waals surface area contributed by atoms with Crippen LogP contribution >= 0.6 is 23.2 Å². The number of aromatic nitrogens is 4. The Morgan fingerprint density at radius 1 is 1.22 bits per heavy atom. The Morgan fingerprint density at radius 2 is 1.91 bits per heavy atom. The predicted octanol–water partition coefficient (Wildman–Crippen LogP) is 3.53. The number of benzene rings is 1. The molecule has 1 unspecified atom stereocenters. The van der Waals surface area contributed by atoms with Gasteiger partial charge in [-0.25, -0.2) is 9.78 Å². The molecule has 0 aliphatic rings. The summed E-state index contributed by atoms with van der Waals surface area (Å²) in [4.78, 5) is 17.3. The van der Waals surface area contributed by atoms with Crippen LogP contribution in [0.5, 0.6) is 0 Å².